The van der Waals surface area contributed by atoms with Crippen LogP contribution in [0.2, 0.25) is 0 Å². The molecule has 0 saturated heterocycles. The summed E-state index contributed by atoms with van der Waals surface area (Å²) in [6.45, 7) is 0. The first-order valence-electron chi connectivity index (χ1n) is 6.53. The van der Waals surface area contributed by atoms with E-state index in [1.807, 2.05) is 0 Å². The lowest BCUT2D eigenvalue weighted by atomic mass is 9.52. The van der Waals surface area contributed by atoms with E-state index in [0.717, 1.165) is 30.6 Å². The average molecular weight is 222 g/mol. The van der Waals surface area contributed by atoms with E-state index in [4.69, 9.17) is 0 Å². The van der Waals surface area contributed by atoms with Crippen LogP contribution in [0.5, 0.6) is 0 Å². The molecule has 0 heterocycles. The van der Waals surface area contributed by atoms with Crippen molar-refractivity contribution in [1.82, 2.24) is 0 Å². The maximum atomic E-state index is 10.8. The number of fused-ring (bicyclic) bond motifs is 1. The molecule has 2 nitrogen and oxygen atoms in total. The number of methoxy groups -OCH3 is 1. The van der Waals surface area contributed by atoms with E-state index >= 15 is 0 Å². The van der Waals surface area contributed by atoms with Gasteiger partial charge in [0.15, 0.2) is 0 Å². The maximum absolute atomic E-state index is 10.8. The summed E-state index contributed by atoms with van der Waals surface area (Å²) in [6, 6.07) is 0. The van der Waals surface area contributed by atoms with Crippen molar-refractivity contribution >= 4 is 5.97 Å². The van der Waals surface area contributed by atoms with E-state index in [1.54, 1.807) is 0 Å². The van der Waals surface area contributed by atoms with Gasteiger partial charge in [0.25, 0.3) is 0 Å². The van der Waals surface area contributed by atoms with Gasteiger partial charge < -0.3 is 4.74 Å². The molecule has 2 aliphatic carbocycles. The van der Waals surface area contributed by atoms with Crippen LogP contribution in [0.1, 0.15) is 44.9 Å². The number of esters is 1. The minimum Gasteiger partial charge on any atom is -0.469 e. The predicted molar refractivity (Wildman–Crippen MR) is 63.9 cm³/mol. The monoisotopic (exact) mass is 222 g/mol. The quantitative estimate of drug-likeness (QED) is 0.391. The van der Waals surface area contributed by atoms with Gasteiger partial charge in [-0.05, 0) is 56.3 Å². The molecule has 0 aromatic carbocycles. The highest BCUT2D eigenvalue weighted by atomic mass is 16.5. The molecular weight excluding hydrogens is 200 g/mol. The van der Waals surface area contributed by atoms with Crippen molar-refractivity contribution in [2.45, 2.75) is 44.9 Å². The Bertz CT molecular complexity index is 270. The third-order valence-corrected chi connectivity index (χ3v) is 4.27. The summed E-state index contributed by atoms with van der Waals surface area (Å²) in [5, 5.41) is 0. The molecule has 0 radical (unpaired) electrons. The van der Waals surface area contributed by atoms with Gasteiger partial charge in [-0.2, -0.15) is 0 Å². The van der Waals surface area contributed by atoms with Gasteiger partial charge in [-0.15, -0.1) is 0 Å². The molecule has 1 unspecified atom stereocenters. The van der Waals surface area contributed by atoms with Gasteiger partial charge in [0.1, 0.15) is 0 Å². The summed E-state index contributed by atoms with van der Waals surface area (Å²) < 4.78 is 4.59. The Morgan fingerprint density at radius 1 is 1.38 bits per heavy atom. The number of carbonyl (C=O) groups excluding carboxylic acids is 1. The van der Waals surface area contributed by atoms with E-state index in [0.29, 0.717) is 6.42 Å². The van der Waals surface area contributed by atoms with Crippen LogP contribution >= 0.6 is 0 Å². The summed E-state index contributed by atoms with van der Waals surface area (Å²) in [4.78, 5) is 10.8. The predicted octanol–water partition coefficient (Wildman–Crippen LogP) is 3.32. The van der Waals surface area contributed by atoms with Crippen molar-refractivity contribution in [3.63, 3.8) is 0 Å². The molecule has 2 rings (SSSR count). The van der Waals surface area contributed by atoms with E-state index in [9.17, 15) is 4.79 Å². The van der Waals surface area contributed by atoms with Crippen LogP contribution in [0.15, 0.2) is 12.2 Å². The zero-order valence-electron chi connectivity index (χ0n) is 10.2. The number of carbonyl (C=O) groups is 1. The first-order chi connectivity index (χ1) is 7.81. The Morgan fingerprint density at radius 3 is 2.81 bits per heavy atom. The van der Waals surface area contributed by atoms with Gasteiger partial charge in [0.05, 0.1) is 7.11 Å². The maximum Gasteiger partial charge on any atom is 0.305 e. The lowest BCUT2D eigenvalue weighted by Gasteiger charge is -2.53. The lowest BCUT2D eigenvalue weighted by molar-refractivity contribution is -0.140. The second-order valence-electron chi connectivity index (χ2n) is 5.17. The molecule has 0 spiro atoms. The molecule has 0 N–H and O–H groups in total. The minimum atomic E-state index is -0.0929. The summed E-state index contributed by atoms with van der Waals surface area (Å²) in [5.41, 5.74) is 0. The van der Waals surface area contributed by atoms with Crippen molar-refractivity contribution in [2.24, 2.45) is 17.8 Å². The van der Waals surface area contributed by atoms with Crippen LogP contribution in [0.3, 0.4) is 0 Å². The van der Waals surface area contributed by atoms with Crippen LogP contribution in [0.4, 0.5) is 0 Å². The lowest BCUT2D eigenvalue weighted by Crippen LogP contribution is -2.43. The van der Waals surface area contributed by atoms with E-state index in [1.165, 1.54) is 32.8 Å². The highest BCUT2D eigenvalue weighted by Crippen LogP contribution is 2.55. The molecule has 2 aliphatic rings. The number of allylic oxidation sites excluding steroid dienone is 2. The number of hydrogen-bond donors (Lipinski definition) is 0. The molecule has 0 aliphatic heterocycles. The Hall–Kier alpha value is -0.790. The number of ether oxygens (including phenoxy) is 1. The molecule has 16 heavy (non-hydrogen) atoms. The van der Waals surface area contributed by atoms with Gasteiger partial charge >= 0.3 is 5.97 Å². The summed E-state index contributed by atoms with van der Waals surface area (Å²) >= 11 is 0. The van der Waals surface area contributed by atoms with E-state index < -0.39 is 0 Å². The van der Waals surface area contributed by atoms with E-state index in [2.05, 4.69) is 16.9 Å². The van der Waals surface area contributed by atoms with Gasteiger partial charge in [-0.25, -0.2) is 0 Å². The number of hydrogen-bond acceptors (Lipinski definition) is 2. The summed E-state index contributed by atoms with van der Waals surface area (Å²) in [5.74, 6) is 3.05. The Morgan fingerprint density at radius 2 is 2.25 bits per heavy atom. The average Bonchev–Trinajstić information content (AvgIpc) is 2.28. The Balaban J connectivity index is 1.48. The number of rotatable bonds is 6. The zero-order chi connectivity index (χ0) is 11.4. The Kier molecular flexibility index (Phi) is 4.03. The molecule has 2 fully saturated rings. The molecule has 0 bridgehead atoms. The van der Waals surface area contributed by atoms with E-state index in [-0.39, 0.29) is 5.97 Å². The van der Waals surface area contributed by atoms with Crippen LogP contribution in [0.25, 0.3) is 0 Å². The van der Waals surface area contributed by atoms with Crippen molar-refractivity contribution in [2.75, 3.05) is 7.11 Å². The van der Waals surface area contributed by atoms with Crippen molar-refractivity contribution in [3.8, 4) is 0 Å². The first kappa shape index (κ1) is 11.7. The molecule has 2 heteroatoms. The van der Waals surface area contributed by atoms with Crippen molar-refractivity contribution in [3.05, 3.63) is 12.2 Å². The third kappa shape index (κ3) is 2.66. The summed E-state index contributed by atoms with van der Waals surface area (Å²) in [7, 11) is 1.45. The van der Waals surface area contributed by atoms with Crippen LogP contribution in [-0.4, -0.2) is 13.1 Å². The van der Waals surface area contributed by atoms with Crippen molar-refractivity contribution in [1.29, 1.82) is 0 Å². The smallest absolute Gasteiger partial charge is 0.305 e. The van der Waals surface area contributed by atoms with Crippen LogP contribution < -0.4 is 0 Å². The largest absolute Gasteiger partial charge is 0.469 e. The fraction of sp³-hybridized carbons (Fsp3) is 0.786. The second kappa shape index (κ2) is 5.51. The van der Waals surface area contributed by atoms with Crippen LogP contribution in [0, 0.1) is 17.8 Å². The van der Waals surface area contributed by atoms with Crippen molar-refractivity contribution < 1.29 is 9.53 Å². The van der Waals surface area contributed by atoms with Crippen LogP contribution in [-0.2, 0) is 9.53 Å². The number of unbranched alkanes of at least 4 members (excludes halogenated alkanes) is 1. The minimum absolute atomic E-state index is 0.0929. The Labute approximate surface area is 98.1 Å². The topological polar surface area (TPSA) is 26.3 Å². The van der Waals surface area contributed by atoms with Gasteiger partial charge in [0.2, 0.25) is 0 Å². The fourth-order valence-corrected chi connectivity index (χ4v) is 3.00. The summed E-state index contributed by atoms with van der Waals surface area (Å²) in [6.07, 6.45) is 12.7. The molecule has 90 valence electrons. The molecule has 3 atom stereocenters. The second-order valence-corrected chi connectivity index (χ2v) is 5.17. The molecular formula is C14H22O2. The molecule has 0 amide bonds. The molecule has 0 aromatic rings. The fourth-order valence-electron chi connectivity index (χ4n) is 3.00. The molecule has 0 aromatic heterocycles. The van der Waals surface area contributed by atoms with Gasteiger partial charge in [0, 0.05) is 6.42 Å². The molecule has 2 saturated carbocycles. The van der Waals surface area contributed by atoms with Gasteiger partial charge in [-0.3, -0.25) is 4.79 Å². The third-order valence-electron chi connectivity index (χ3n) is 4.27. The highest BCUT2D eigenvalue weighted by molar-refractivity contribution is 5.68. The normalized spacial score (nSPS) is 31.7. The van der Waals surface area contributed by atoms with Gasteiger partial charge in [-0.1, -0.05) is 12.2 Å². The standard InChI is InChI=1S/C14H22O2/c1-16-14(15)7-5-3-2-4-6-11-10-12-8-9-13(11)12/h2,4,11-13H,3,5-10H2,1H3/b4-2-/t11?,12-,13+/m0/s1. The SMILES string of the molecule is COC(=O)CCC/C=C\CC1C[C@@H]2CC[C@H]12. The highest BCUT2D eigenvalue weighted by Gasteiger charge is 2.45. The zero-order valence-corrected chi connectivity index (χ0v) is 10.2. The first-order valence-corrected chi connectivity index (χ1v) is 6.53.